The Balaban J connectivity index is 1.47. The minimum Gasteiger partial charge on any atom is -0.497 e. The topological polar surface area (TPSA) is 102 Å². The molecule has 1 heterocycles. The summed E-state index contributed by atoms with van der Waals surface area (Å²) < 4.78 is 9.97. The highest BCUT2D eigenvalue weighted by Crippen LogP contribution is 2.28. The molecule has 0 bridgehead atoms. The predicted molar refractivity (Wildman–Crippen MR) is 98.9 cm³/mol. The van der Waals surface area contributed by atoms with Gasteiger partial charge in [0, 0.05) is 6.54 Å². The summed E-state index contributed by atoms with van der Waals surface area (Å²) in [5.41, 5.74) is 1.47. The van der Waals surface area contributed by atoms with Gasteiger partial charge in [-0.05, 0) is 29.8 Å². The van der Waals surface area contributed by atoms with Gasteiger partial charge in [0.1, 0.15) is 12.3 Å². The summed E-state index contributed by atoms with van der Waals surface area (Å²) in [6.45, 7) is -0.646. The third-order valence-electron chi connectivity index (χ3n) is 4.18. The molecule has 2 aromatic carbocycles. The summed E-state index contributed by atoms with van der Waals surface area (Å²) in [7, 11) is 1.56. The Bertz CT molecular complexity index is 923. The zero-order chi connectivity index (χ0) is 20.1. The molecule has 0 unspecified atom stereocenters. The Kier molecular flexibility index (Phi) is 5.69. The molecule has 2 amide bonds. The van der Waals surface area contributed by atoms with Gasteiger partial charge in [0.15, 0.2) is 6.61 Å². The van der Waals surface area contributed by atoms with Gasteiger partial charge in [0.05, 0.1) is 18.4 Å². The number of para-hydroxylation sites is 1. The molecule has 144 valence electrons. The van der Waals surface area contributed by atoms with Crippen LogP contribution in [0, 0.1) is 0 Å². The minimum absolute atomic E-state index is 0.248. The van der Waals surface area contributed by atoms with Crippen LogP contribution < -0.4 is 15.0 Å². The number of carbonyl (C=O) groups is 4. The van der Waals surface area contributed by atoms with Crippen molar-refractivity contribution in [1.29, 1.82) is 0 Å². The largest absolute Gasteiger partial charge is 0.497 e. The fourth-order valence-corrected chi connectivity index (χ4v) is 2.72. The highest BCUT2D eigenvalue weighted by molar-refractivity contribution is 6.52. The van der Waals surface area contributed by atoms with E-state index in [4.69, 9.17) is 9.47 Å². The average Bonchev–Trinajstić information content (AvgIpc) is 2.96. The van der Waals surface area contributed by atoms with Crippen LogP contribution in [0.1, 0.15) is 15.9 Å². The first-order valence-electron chi connectivity index (χ1n) is 8.50. The summed E-state index contributed by atoms with van der Waals surface area (Å²) in [5.74, 6) is -2.01. The maximum Gasteiger partial charge on any atom is 0.326 e. The lowest BCUT2D eigenvalue weighted by atomic mass is 10.1. The van der Waals surface area contributed by atoms with Gasteiger partial charge in [0.2, 0.25) is 0 Å². The highest BCUT2D eigenvalue weighted by Gasteiger charge is 2.36. The molecule has 28 heavy (non-hydrogen) atoms. The molecule has 8 nitrogen and oxygen atoms in total. The van der Waals surface area contributed by atoms with Crippen LogP contribution in [0.3, 0.4) is 0 Å². The Morgan fingerprint density at radius 2 is 1.75 bits per heavy atom. The number of nitrogens with one attached hydrogen (secondary N) is 1. The van der Waals surface area contributed by atoms with Crippen LogP contribution in [-0.4, -0.2) is 43.8 Å². The molecule has 3 rings (SSSR count). The van der Waals surface area contributed by atoms with Crippen LogP contribution >= 0.6 is 0 Å². The normalized spacial score (nSPS) is 12.5. The van der Waals surface area contributed by atoms with Crippen LogP contribution in [0.25, 0.3) is 0 Å². The van der Waals surface area contributed by atoms with Crippen LogP contribution in [-0.2, 0) is 25.7 Å². The van der Waals surface area contributed by atoms with Gasteiger partial charge in [-0.3, -0.25) is 24.1 Å². The summed E-state index contributed by atoms with van der Waals surface area (Å²) in [6.07, 6.45) is 0. The third kappa shape index (κ3) is 4.17. The molecule has 1 N–H and O–H groups in total. The van der Waals surface area contributed by atoms with Crippen molar-refractivity contribution in [2.45, 2.75) is 6.54 Å². The maximum atomic E-state index is 12.0. The van der Waals surface area contributed by atoms with E-state index in [2.05, 4.69) is 5.32 Å². The van der Waals surface area contributed by atoms with Crippen molar-refractivity contribution in [2.75, 3.05) is 25.2 Å². The zero-order valence-corrected chi connectivity index (χ0v) is 15.1. The number of Topliss-reactive ketones (excluding diaryl/α,β-unsaturated/α-hetero) is 1. The SMILES string of the molecule is COc1ccc(CNC(=O)COC(=O)CN2C(=O)C(=O)c3ccccc32)cc1. The number of rotatable bonds is 7. The number of methoxy groups -OCH3 is 1. The molecule has 0 aliphatic carbocycles. The molecule has 0 aromatic heterocycles. The molecule has 0 spiro atoms. The molecule has 2 aromatic rings. The van der Waals surface area contributed by atoms with Gasteiger partial charge in [-0.15, -0.1) is 0 Å². The van der Waals surface area contributed by atoms with Gasteiger partial charge in [-0.2, -0.15) is 0 Å². The van der Waals surface area contributed by atoms with Gasteiger partial charge < -0.3 is 14.8 Å². The van der Waals surface area contributed by atoms with Gasteiger partial charge >= 0.3 is 5.97 Å². The van der Waals surface area contributed by atoms with E-state index in [9.17, 15) is 19.2 Å². The van der Waals surface area contributed by atoms with Gasteiger partial charge in [0.25, 0.3) is 17.6 Å². The number of nitrogens with zero attached hydrogens (tertiary/aromatic N) is 1. The van der Waals surface area contributed by atoms with Gasteiger partial charge in [-0.25, -0.2) is 0 Å². The molecule has 0 atom stereocenters. The van der Waals surface area contributed by atoms with E-state index in [0.717, 1.165) is 10.5 Å². The lowest BCUT2D eigenvalue weighted by Gasteiger charge is -2.15. The van der Waals surface area contributed by atoms with Gasteiger partial charge in [-0.1, -0.05) is 24.3 Å². The van der Waals surface area contributed by atoms with E-state index in [1.165, 1.54) is 6.07 Å². The zero-order valence-electron chi connectivity index (χ0n) is 15.1. The van der Waals surface area contributed by atoms with Crippen LogP contribution in [0.2, 0.25) is 0 Å². The first kappa shape index (κ1) is 19.1. The molecule has 0 fully saturated rings. The van der Waals surface area contributed by atoms with Crippen molar-refractivity contribution in [3.05, 3.63) is 59.7 Å². The average molecular weight is 382 g/mol. The van der Waals surface area contributed by atoms with E-state index in [1.807, 2.05) is 0 Å². The summed E-state index contributed by atoms with van der Waals surface area (Å²) in [5, 5.41) is 2.63. The van der Waals surface area contributed by atoms with E-state index < -0.39 is 36.7 Å². The number of benzene rings is 2. The molecular formula is C20H18N2O6. The molecular weight excluding hydrogens is 364 g/mol. The second-order valence-corrected chi connectivity index (χ2v) is 6.02. The second kappa shape index (κ2) is 8.34. The predicted octanol–water partition coefficient (Wildman–Crippen LogP) is 1.08. The number of hydrogen-bond acceptors (Lipinski definition) is 6. The number of hydrogen-bond donors (Lipinski definition) is 1. The van der Waals surface area contributed by atoms with Crippen LogP contribution in [0.15, 0.2) is 48.5 Å². The number of anilines is 1. The highest BCUT2D eigenvalue weighted by atomic mass is 16.5. The number of amides is 2. The van der Waals surface area contributed by atoms with Crippen molar-refractivity contribution in [3.63, 3.8) is 0 Å². The fraction of sp³-hybridized carbons (Fsp3) is 0.200. The van der Waals surface area contributed by atoms with Crippen LogP contribution in [0.4, 0.5) is 5.69 Å². The number of fused-ring (bicyclic) bond motifs is 1. The third-order valence-corrected chi connectivity index (χ3v) is 4.18. The lowest BCUT2D eigenvalue weighted by Crippen LogP contribution is -2.37. The molecule has 1 aliphatic rings. The van der Waals surface area contributed by atoms with E-state index in [-0.39, 0.29) is 12.1 Å². The maximum absolute atomic E-state index is 12.0. The van der Waals surface area contributed by atoms with E-state index >= 15 is 0 Å². The Labute approximate surface area is 161 Å². The Morgan fingerprint density at radius 3 is 2.46 bits per heavy atom. The van der Waals surface area contributed by atoms with Crippen molar-refractivity contribution < 1.29 is 28.7 Å². The summed E-state index contributed by atoms with van der Waals surface area (Å²) in [6, 6.07) is 13.5. The van der Waals surface area contributed by atoms with Crippen molar-refractivity contribution >= 4 is 29.3 Å². The first-order chi connectivity index (χ1) is 13.5. The molecule has 8 heteroatoms. The molecule has 0 radical (unpaired) electrons. The summed E-state index contributed by atoms with van der Waals surface area (Å²) >= 11 is 0. The number of esters is 1. The number of ketones is 1. The van der Waals surface area contributed by atoms with E-state index in [0.29, 0.717) is 11.4 Å². The minimum atomic E-state index is -0.790. The second-order valence-electron chi connectivity index (χ2n) is 6.02. The molecule has 1 aliphatic heterocycles. The smallest absolute Gasteiger partial charge is 0.326 e. The quantitative estimate of drug-likeness (QED) is 0.568. The Morgan fingerprint density at radius 1 is 1.04 bits per heavy atom. The fourth-order valence-electron chi connectivity index (χ4n) is 2.72. The number of ether oxygens (including phenoxy) is 2. The standard InChI is InChI=1S/C20H18N2O6/c1-27-14-8-6-13(7-9-14)10-21-17(23)12-28-18(24)11-22-16-5-3-2-4-15(16)19(25)20(22)26/h2-9H,10-12H2,1H3,(H,21,23). The summed E-state index contributed by atoms with van der Waals surface area (Å²) in [4.78, 5) is 48.8. The van der Waals surface area contributed by atoms with Crippen molar-refractivity contribution in [1.82, 2.24) is 5.32 Å². The van der Waals surface area contributed by atoms with Crippen LogP contribution in [0.5, 0.6) is 5.75 Å². The molecule has 0 saturated heterocycles. The van der Waals surface area contributed by atoms with Crippen molar-refractivity contribution in [3.8, 4) is 5.75 Å². The lowest BCUT2D eigenvalue weighted by molar-refractivity contribution is -0.147. The van der Waals surface area contributed by atoms with Crippen molar-refractivity contribution in [2.24, 2.45) is 0 Å². The Hall–Kier alpha value is -3.68. The number of carbonyl (C=O) groups excluding carboxylic acids is 4. The first-order valence-corrected chi connectivity index (χ1v) is 8.50. The van der Waals surface area contributed by atoms with E-state index in [1.54, 1.807) is 49.6 Å². The molecule has 0 saturated carbocycles. The monoisotopic (exact) mass is 382 g/mol.